The van der Waals surface area contributed by atoms with Crippen LogP contribution in [-0.2, 0) is 104 Å². The molecule has 5 fully saturated rings. The zero-order chi connectivity index (χ0) is 88.4. The van der Waals surface area contributed by atoms with Gasteiger partial charge < -0.3 is 123 Å². The average Bonchev–Trinajstić information content (AvgIpc) is 0.882. The number of benzene rings is 8. The van der Waals surface area contributed by atoms with Crippen molar-refractivity contribution in [1.82, 2.24) is 36.8 Å². The first-order valence-electron chi connectivity index (χ1n) is 42.0. The van der Waals surface area contributed by atoms with E-state index in [0.717, 1.165) is 10.3 Å². The Bertz CT molecular complexity index is 4870. The summed E-state index contributed by atoms with van der Waals surface area (Å²) in [7, 11) is -2.89. The van der Waals surface area contributed by atoms with Crippen molar-refractivity contribution >= 4 is 61.4 Å². The van der Waals surface area contributed by atoms with Gasteiger partial charge in [-0.3, -0.25) is 14.5 Å². The van der Waals surface area contributed by atoms with Gasteiger partial charge in [0.25, 0.3) is 11.8 Å². The molecular formula is C92H107N7O26Si. The summed E-state index contributed by atoms with van der Waals surface area (Å²) in [4.78, 5) is 101. The maximum atomic E-state index is 14.8. The number of alkyl carbamates (subject to hydrolysis) is 5. The molecule has 4 saturated heterocycles. The van der Waals surface area contributed by atoms with E-state index < -0.39 is 191 Å². The number of imide groups is 1. The number of hydrogen-bond donors (Lipinski definition) is 10. The number of nitrogens with one attached hydrogen (secondary N) is 6. The Kier molecular flexibility index (Phi) is 30.9. The molecule has 0 radical (unpaired) electrons. The van der Waals surface area contributed by atoms with Crippen molar-refractivity contribution in [3.05, 3.63) is 263 Å². The molecule has 0 spiro atoms. The fourth-order valence-electron chi connectivity index (χ4n) is 15.5. The van der Waals surface area contributed by atoms with E-state index in [2.05, 4.69) is 31.9 Å². The average molecular weight is 1750 g/mol. The molecule has 14 rings (SSSR count). The number of aliphatic hydroxyl groups excluding tert-OH is 4. The Balaban J connectivity index is 0.843. The maximum absolute atomic E-state index is 14.8. The van der Waals surface area contributed by atoms with Crippen molar-refractivity contribution in [2.45, 2.75) is 201 Å². The summed E-state index contributed by atoms with van der Waals surface area (Å²) in [5.74, 6) is -0.991. The standard InChI is InChI=1S/C92H107N7O26Si/c1-92(2,3)126(4,5)118-54-68-78(124-84-70(97-90(109)116-51-58-32-18-9-19-33-58)74(102)73(101)66(119-84)47-94-87(106)113-48-55-26-12-6-13-27-55)80(111-45-43-93-42-44-99-81(104)62-40-24-38-60-39-25-41-63(69(60)62)82(99)105)86(121-68)125-79-72(100)64(95-88(107)114-49-56-28-14-7-15-29-56)46-65(96-89(108)115-50-57-30-16-8-17-31-57)76(79)122-85-71(98-91(110)117-52-59-34-20-10-21-35-59)75(103)77-67(120-85)53-112-83(123-77)61-36-22-11-23-37-61/h6-41,64-68,70-80,83-86,93,100-103H,42-54H2,1-5H3,(H,94,106)(H,95,107)(H,96,108)(H,97,109)(H,98,110)/t64-,65+,66+,67-,68-,70-,71-,72+,73-,74-,75-,76-,77-,78-,79-,80-,83?,84-,85-,86+/m1/s1. The lowest BCUT2D eigenvalue weighted by Crippen LogP contribution is -2.71. The number of carbonyl (C=O) groups excluding carboxylic acids is 7. The molecule has 20 atom stereocenters. The number of hydrogen-bond acceptors (Lipinski definition) is 27. The van der Waals surface area contributed by atoms with Gasteiger partial charge in [0.05, 0.1) is 31.9 Å². The highest BCUT2D eigenvalue weighted by atomic mass is 28.4. The van der Waals surface area contributed by atoms with Gasteiger partial charge in [0.2, 0.25) is 0 Å². The smallest absolute Gasteiger partial charge is 0.407 e. The highest BCUT2D eigenvalue weighted by Gasteiger charge is 2.59. The molecule has 126 heavy (non-hydrogen) atoms. The van der Waals surface area contributed by atoms with Gasteiger partial charge in [-0.15, -0.1) is 0 Å². The molecule has 5 heterocycles. The Labute approximate surface area is 729 Å². The Morgan fingerprint density at radius 2 is 0.913 bits per heavy atom. The predicted octanol–water partition coefficient (Wildman–Crippen LogP) is 8.83. The van der Waals surface area contributed by atoms with Gasteiger partial charge in [-0.05, 0) is 69.9 Å². The van der Waals surface area contributed by atoms with Crippen LogP contribution in [0.3, 0.4) is 0 Å². The predicted molar refractivity (Wildman–Crippen MR) is 453 cm³/mol. The van der Waals surface area contributed by atoms with Crippen molar-refractivity contribution in [3.63, 3.8) is 0 Å². The molecule has 5 aliphatic heterocycles. The number of nitrogens with zero attached hydrogens (tertiary/aromatic N) is 1. The lowest BCUT2D eigenvalue weighted by molar-refractivity contribution is -0.358. The maximum Gasteiger partial charge on any atom is 0.407 e. The van der Waals surface area contributed by atoms with Crippen LogP contribution < -0.4 is 31.9 Å². The monoisotopic (exact) mass is 1750 g/mol. The van der Waals surface area contributed by atoms with Crippen LogP contribution in [0.25, 0.3) is 10.8 Å². The van der Waals surface area contributed by atoms with E-state index in [4.69, 9.17) is 70.7 Å². The molecule has 6 aliphatic rings. The van der Waals surface area contributed by atoms with Crippen molar-refractivity contribution < 1.29 is 125 Å². The first-order chi connectivity index (χ1) is 60.9. The molecule has 670 valence electrons. The molecule has 1 unspecified atom stereocenters. The fraction of sp³-hybridized carbons (Fsp3) is 0.424. The number of aliphatic hydroxyl groups is 4. The second-order valence-corrected chi connectivity index (χ2v) is 37.8. The Hall–Kier alpha value is -10.9. The zero-order valence-electron chi connectivity index (χ0n) is 70.2. The van der Waals surface area contributed by atoms with Gasteiger partial charge in [-0.2, -0.15) is 0 Å². The Morgan fingerprint density at radius 1 is 0.460 bits per heavy atom. The minimum absolute atomic E-state index is 0.0334. The summed E-state index contributed by atoms with van der Waals surface area (Å²) >= 11 is 0. The molecular weight excluding hydrogens is 1650 g/mol. The van der Waals surface area contributed by atoms with Gasteiger partial charge in [0, 0.05) is 48.3 Å². The molecule has 8 aromatic rings. The van der Waals surface area contributed by atoms with Crippen LogP contribution in [0.4, 0.5) is 24.0 Å². The first kappa shape index (κ1) is 91.3. The molecule has 1 saturated carbocycles. The summed E-state index contributed by atoms with van der Waals surface area (Å²) in [6, 6.07) is 57.0. The quantitative estimate of drug-likeness (QED) is 0.00794. The summed E-state index contributed by atoms with van der Waals surface area (Å²) in [6.45, 7) is 7.45. The van der Waals surface area contributed by atoms with E-state index in [1.54, 1.807) is 200 Å². The van der Waals surface area contributed by atoms with Crippen LogP contribution in [0.5, 0.6) is 0 Å². The summed E-state index contributed by atoms with van der Waals surface area (Å²) in [5.41, 5.74) is 4.41. The van der Waals surface area contributed by atoms with E-state index in [0.29, 0.717) is 49.9 Å². The second-order valence-electron chi connectivity index (χ2n) is 33.0. The molecule has 7 amide bonds. The van der Waals surface area contributed by atoms with Crippen molar-refractivity contribution in [3.8, 4) is 0 Å². The van der Waals surface area contributed by atoms with E-state index in [1.807, 2.05) is 52.1 Å². The van der Waals surface area contributed by atoms with Crippen molar-refractivity contribution in [1.29, 1.82) is 0 Å². The first-order valence-corrected chi connectivity index (χ1v) is 45.0. The number of rotatable bonds is 33. The largest absolute Gasteiger partial charge is 0.445 e. The molecule has 33 nitrogen and oxygen atoms in total. The van der Waals surface area contributed by atoms with E-state index >= 15 is 0 Å². The molecule has 10 N–H and O–H groups in total. The summed E-state index contributed by atoms with van der Waals surface area (Å²) in [5, 5.41) is 68.9. The van der Waals surface area contributed by atoms with Gasteiger partial charge >= 0.3 is 30.5 Å². The lowest BCUT2D eigenvalue weighted by Gasteiger charge is -2.51. The number of carbonyl (C=O) groups is 7. The van der Waals surface area contributed by atoms with Crippen LogP contribution >= 0.6 is 0 Å². The second kappa shape index (κ2) is 42.6. The topological polar surface area (TPSA) is 414 Å². The fourth-order valence-corrected chi connectivity index (χ4v) is 16.5. The summed E-state index contributed by atoms with van der Waals surface area (Å²) < 4.78 is 97.9. The highest BCUT2D eigenvalue weighted by molar-refractivity contribution is 6.74. The van der Waals surface area contributed by atoms with Gasteiger partial charge in [-0.1, -0.05) is 227 Å². The van der Waals surface area contributed by atoms with Gasteiger partial charge in [-0.25, -0.2) is 24.0 Å². The molecule has 0 aromatic heterocycles. The van der Waals surface area contributed by atoms with Crippen LogP contribution in [-0.4, -0.2) is 238 Å². The van der Waals surface area contributed by atoms with Crippen LogP contribution in [0.2, 0.25) is 18.1 Å². The molecule has 8 aromatic carbocycles. The molecule has 34 heteroatoms. The van der Waals surface area contributed by atoms with Crippen LogP contribution in [0.15, 0.2) is 218 Å². The third-order valence-electron chi connectivity index (χ3n) is 23.3. The number of ether oxygens (including phenoxy) is 14. The SMILES string of the molecule is CC(C)(C)[Si](C)(C)OC[C@H]1O[C@@H](O[C@@H]2[C@@H](O)[C@H](NC(=O)OCc3ccccc3)C[C@H](NC(=O)OCc3ccccc3)[C@H]2O[C@H]2O[C@@H]3COC(c4ccccc4)O[C@H]3[C@H](O)[C@H]2NC(=O)OCc2ccccc2)[C@H](OCCNCCN2C(=O)c3cccc4cccc(c34)C2=O)[C@@H]1O[C@H]1O[C@@H](CNC(=O)OCc2ccccc2)[C@@H](O)[C@H](O)[C@H]1NC(=O)OCc1ccccc1. The van der Waals surface area contributed by atoms with Crippen LogP contribution in [0, 0.1) is 0 Å². The molecule has 1 aliphatic carbocycles. The summed E-state index contributed by atoms with van der Waals surface area (Å²) in [6.07, 6.45) is -31.9. The zero-order valence-corrected chi connectivity index (χ0v) is 71.2. The number of fused-ring (bicyclic) bond motifs is 1. The van der Waals surface area contributed by atoms with E-state index in [-0.39, 0.29) is 72.5 Å². The minimum atomic E-state index is -2.89. The van der Waals surface area contributed by atoms with Gasteiger partial charge in [0.15, 0.2) is 33.5 Å². The Morgan fingerprint density at radius 3 is 1.43 bits per heavy atom. The van der Waals surface area contributed by atoms with Gasteiger partial charge in [0.1, 0.15) is 118 Å². The third-order valence-corrected chi connectivity index (χ3v) is 27.8. The minimum Gasteiger partial charge on any atom is -0.445 e. The number of amides is 7. The highest BCUT2D eigenvalue weighted by Crippen LogP contribution is 2.42. The normalized spacial score (nSPS) is 27.1. The van der Waals surface area contributed by atoms with Crippen LogP contribution in [0.1, 0.15) is 87.6 Å². The van der Waals surface area contributed by atoms with E-state index in [1.165, 1.54) is 0 Å². The van der Waals surface area contributed by atoms with Crippen molar-refractivity contribution in [2.75, 3.05) is 46.0 Å². The third kappa shape index (κ3) is 23.1. The van der Waals surface area contributed by atoms with E-state index in [9.17, 15) is 54.0 Å². The lowest BCUT2D eigenvalue weighted by atomic mass is 9.83. The van der Waals surface area contributed by atoms with Crippen molar-refractivity contribution in [2.24, 2.45) is 0 Å². The molecule has 0 bridgehead atoms.